The van der Waals surface area contributed by atoms with E-state index in [0.29, 0.717) is 21.6 Å². The van der Waals surface area contributed by atoms with Crippen molar-refractivity contribution in [2.45, 2.75) is 37.8 Å². The highest BCUT2D eigenvalue weighted by molar-refractivity contribution is 9.10. The van der Waals surface area contributed by atoms with Gasteiger partial charge in [0.2, 0.25) is 5.91 Å². The van der Waals surface area contributed by atoms with Crippen molar-refractivity contribution >= 4 is 56.9 Å². The van der Waals surface area contributed by atoms with E-state index in [-0.39, 0.29) is 18.0 Å². The number of benzene rings is 1. The molecule has 2 heterocycles. The minimum Gasteiger partial charge on any atom is -0.459 e. The number of rotatable bonds is 4. The highest BCUT2D eigenvalue weighted by Crippen LogP contribution is 2.33. The third-order valence-electron chi connectivity index (χ3n) is 3.89. The molecular weight excluding hydrogens is 474 g/mol. The molecule has 1 aromatic carbocycles. The van der Waals surface area contributed by atoms with Crippen LogP contribution in [0.25, 0.3) is 0 Å². The number of hydrogen-bond donors (Lipinski definition) is 2. The maximum atomic E-state index is 12.7. The number of pyridine rings is 1. The lowest BCUT2D eigenvalue weighted by Gasteiger charge is -2.20. The molecule has 0 atom stereocenters. The Morgan fingerprint density at radius 1 is 1.27 bits per heavy atom. The molecule has 1 aliphatic heterocycles. The fourth-order valence-electron chi connectivity index (χ4n) is 2.75. The molecule has 3 rings (SSSR count). The number of hydrogen-bond acceptors (Lipinski definition) is 6. The Morgan fingerprint density at radius 2 is 2.00 bits per heavy atom. The summed E-state index contributed by atoms with van der Waals surface area (Å²) in [6.45, 7) is 4.87. The number of nitrogens with zero attached hydrogens (tertiary/aromatic N) is 1. The van der Waals surface area contributed by atoms with E-state index >= 15 is 0 Å². The molecule has 1 aliphatic rings. The molecule has 0 aliphatic carbocycles. The van der Waals surface area contributed by atoms with E-state index in [1.807, 2.05) is 0 Å². The van der Waals surface area contributed by atoms with Crippen LogP contribution >= 0.6 is 27.7 Å². The Hall–Kier alpha value is -2.59. The number of anilines is 2. The van der Waals surface area contributed by atoms with Crippen LogP contribution in [0.4, 0.5) is 11.4 Å². The number of amides is 2. The van der Waals surface area contributed by atoms with Gasteiger partial charge in [0.1, 0.15) is 17.7 Å². The summed E-state index contributed by atoms with van der Waals surface area (Å²) in [5.74, 6) is -0.993. The van der Waals surface area contributed by atoms with E-state index < -0.39 is 23.0 Å². The number of thioether (sulfide) groups is 1. The van der Waals surface area contributed by atoms with Crippen molar-refractivity contribution in [1.82, 2.24) is 4.57 Å². The second-order valence-corrected chi connectivity index (χ2v) is 9.53. The monoisotopic (exact) mass is 493 g/mol. The molecule has 2 aromatic rings. The number of aromatic nitrogens is 1. The maximum Gasteiger partial charge on any atom is 0.326 e. The third-order valence-corrected chi connectivity index (χ3v) is 5.39. The summed E-state index contributed by atoms with van der Waals surface area (Å²) in [5, 5.41) is 5.41. The molecule has 158 valence electrons. The second kappa shape index (κ2) is 8.65. The van der Waals surface area contributed by atoms with Crippen molar-refractivity contribution in [3.8, 4) is 0 Å². The van der Waals surface area contributed by atoms with Crippen molar-refractivity contribution < 1.29 is 19.1 Å². The van der Waals surface area contributed by atoms with Gasteiger partial charge in [0.05, 0.1) is 11.4 Å². The number of carbonyl (C=O) groups excluding carboxylic acids is 3. The molecule has 0 bridgehead atoms. The van der Waals surface area contributed by atoms with Crippen LogP contribution in [0.3, 0.4) is 0 Å². The molecule has 0 saturated heterocycles. The molecule has 0 saturated carbocycles. The van der Waals surface area contributed by atoms with Crippen LogP contribution in [0.2, 0.25) is 0 Å². The highest BCUT2D eigenvalue weighted by atomic mass is 79.9. The first kappa shape index (κ1) is 22.1. The molecular formula is C20H20BrN3O5S. The first-order valence-corrected chi connectivity index (χ1v) is 10.8. The zero-order chi connectivity index (χ0) is 22.1. The normalized spacial score (nSPS) is 13.3. The number of fused-ring (bicyclic) bond motifs is 1. The molecule has 0 fully saturated rings. The van der Waals surface area contributed by atoms with E-state index in [0.717, 1.165) is 9.46 Å². The molecule has 2 amide bonds. The minimum absolute atomic E-state index is 0.118. The van der Waals surface area contributed by atoms with E-state index in [4.69, 9.17) is 4.74 Å². The van der Waals surface area contributed by atoms with Crippen LogP contribution < -0.4 is 16.2 Å². The topological polar surface area (TPSA) is 106 Å². The van der Waals surface area contributed by atoms with Crippen LogP contribution in [0.15, 0.2) is 44.6 Å². The molecule has 8 nitrogen and oxygen atoms in total. The molecule has 0 spiro atoms. The van der Waals surface area contributed by atoms with Crippen molar-refractivity contribution in [3.05, 3.63) is 50.9 Å². The number of carbonyl (C=O) groups is 3. The van der Waals surface area contributed by atoms with Gasteiger partial charge < -0.3 is 19.9 Å². The minimum atomic E-state index is -0.687. The van der Waals surface area contributed by atoms with Gasteiger partial charge in [-0.15, -0.1) is 11.8 Å². The van der Waals surface area contributed by atoms with Crippen LogP contribution in [-0.2, 0) is 20.9 Å². The summed E-state index contributed by atoms with van der Waals surface area (Å²) in [4.78, 5) is 50.0. The van der Waals surface area contributed by atoms with Gasteiger partial charge in [-0.3, -0.25) is 19.2 Å². The Morgan fingerprint density at radius 3 is 2.70 bits per heavy atom. The van der Waals surface area contributed by atoms with Gasteiger partial charge in [0.15, 0.2) is 0 Å². The van der Waals surface area contributed by atoms with E-state index in [1.165, 1.54) is 24.0 Å². The lowest BCUT2D eigenvalue weighted by molar-refractivity contribution is -0.155. The summed E-state index contributed by atoms with van der Waals surface area (Å²) in [6, 6.07) is 6.50. The number of esters is 1. The lowest BCUT2D eigenvalue weighted by atomic mass is 10.2. The predicted molar refractivity (Wildman–Crippen MR) is 118 cm³/mol. The zero-order valence-electron chi connectivity index (χ0n) is 16.6. The molecule has 30 heavy (non-hydrogen) atoms. The van der Waals surface area contributed by atoms with Crippen LogP contribution in [-0.4, -0.2) is 33.7 Å². The van der Waals surface area contributed by atoms with Gasteiger partial charge in [-0.25, -0.2) is 0 Å². The third kappa shape index (κ3) is 5.51. The summed E-state index contributed by atoms with van der Waals surface area (Å²) >= 11 is 4.67. The SMILES string of the molecule is CC(C)(C)OC(=O)Cn1cc(Br)cc(C(=O)Nc2ccc3c(c2)NC(=O)CS3)c1=O. The van der Waals surface area contributed by atoms with Gasteiger partial charge in [-0.1, -0.05) is 0 Å². The van der Waals surface area contributed by atoms with Gasteiger partial charge >= 0.3 is 5.97 Å². The molecule has 1 aromatic heterocycles. The summed E-state index contributed by atoms with van der Waals surface area (Å²) in [7, 11) is 0. The average Bonchev–Trinajstić information content (AvgIpc) is 2.62. The second-order valence-electron chi connectivity index (χ2n) is 7.59. The van der Waals surface area contributed by atoms with Crippen molar-refractivity contribution in [3.63, 3.8) is 0 Å². The number of halogens is 1. The van der Waals surface area contributed by atoms with Crippen molar-refractivity contribution in [2.24, 2.45) is 0 Å². The Labute approximate surface area is 185 Å². The van der Waals surface area contributed by atoms with Gasteiger partial charge in [-0.05, 0) is 61.0 Å². The standard InChI is InChI=1S/C20H20BrN3O5S/c1-20(2,3)29-17(26)9-24-8-11(21)6-13(19(24)28)18(27)22-12-4-5-15-14(7-12)23-16(25)10-30-15/h4-8H,9-10H2,1-3H3,(H,22,27)(H,23,25). The zero-order valence-corrected chi connectivity index (χ0v) is 19.0. The smallest absolute Gasteiger partial charge is 0.326 e. The number of ether oxygens (including phenoxy) is 1. The quantitative estimate of drug-likeness (QED) is 0.633. The van der Waals surface area contributed by atoms with Gasteiger partial charge in [0, 0.05) is 21.3 Å². The maximum absolute atomic E-state index is 12.7. The van der Waals surface area contributed by atoms with Crippen LogP contribution in [0.1, 0.15) is 31.1 Å². The average molecular weight is 494 g/mol. The Kier molecular flexibility index (Phi) is 6.37. The predicted octanol–water partition coefficient (Wildman–Crippen LogP) is 3.25. The van der Waals surface area contributed by atoms with E-state index in [2.05, 4.69) is 26.6 Å². The molecule has 10 heteroatoms. The fraction of sp³-hybridized carbons (Fsp3) is 0.300. The lowest BCUT2D eigenvalue weighted by Crippen LogP contribution is -2.33. The van der Waals surface area contributed by atoms with Crippen molar-refractivity contribution in [1.29, 1.82) is 0 Å². The Bertz CT molecular complexity index is 1090. The highest BCUT2D eigenvalue weighted by Gasteiger charge is 2.21. The molecule has 2 N–H and O–H groups in total. The van der Waals surface area contributed by atoms with Gasteiger partial charge in [-0.2, -0.15) is 0 Å². The van der Waals surface area contributed by atoms with Crippen LogP contribution in [0.5, 0.6) is 0 Å². The summed E-state index contributed by atoms with van der Waals surface area (Å²) < 4.78 is 6.83. The Balaban J connectivity index is 1.82. The molecule has 0 radical (unpaired) electrons. The van der Waals surface area contributed by atoms with Gasteiger partial charge in [0.25, 0.3) is 11.5 Å². The number of nitrogens with one attached hydrogen (secondary N) is 2. The summed E-state index contributed by atoms with van der Waals surface area (Å²) in [5.41, 5.74) is -0.412. The van der Waals surface area contributed by atoms with Crippen LogP contribution in [0, 0.1) is 0 Å². The first-order valence-electron chi connectivity index (χ1n) is 9.02. The van der Waals surface area contributed by atoms with Crippen molar-refractivity contribution in [2.75, 3.05) is 16.4 Å². The van der Waals surface area contributed by atoms with E-state index in [1.54, 1.807) is 39.0 Å². The first-order chi connectivity index (χ1) is 14.0. The summed E-state index contributed by atoms with van der Waals surface area (Å²) in [6.07, 6.45) is 1.43. The van der Waals surface area contributed by atoms with E-state index in [9.17, 15) is 19.2 Å². The fourth-order valence-corrected chi connectivity index (χ4v) is 4.02. The largest absolute Gasteiger partial charge is 0.459 e. The molecule has 0 unspecified atom stereocenters.